The summed E-state index contributed by atoms with van der Waals surface area (Å²) in [4.78, 5) is 16.2. The topological polar surface area (TPSA) is 59.3 Å². The molecular weight excluding hydrogens is 356 g/mol. The van der Waals surface area contributed by atoms with Crippen LogP contribution in [0.2, 0.25) is 0 Å². The van der Waals surface area contributed by atoms with Gasteiger partial charge in [-0.3, -0.25) is 4.79 Å². The molecule has 1 heterocycles. The first-order valence-electron chi connectivity index (χ1n) is 7.20. The van der Waals surface area contributed by atoms with Crippen molar-refractivity contribution in [3.8, 4) is 0 Å². The van der Waals surface area contributed by atoms with E-state index in [2.05, 4.69) is 31.4 Å². The molecule has 23 heavy (non-hydrogen) atoms. The SMILES string of the molecule is O=C(CCn1cnc2ccccc21)N/N=C/c1cccc(Br)c1. The Balaban J connectivity index is 1.54. The molecule has 0 saturated heterocycles. The number of halogens is 1. The smallest absolute Gasteiger partial charge is 0.241 e. The Labute approximate surface area is 142 Å². The lowest BCUT2D eigenvalue weighted by atomic mass is 10.2. The number of fused-ring (bicyclic) bond motifs is 1. The van der Waals surface area contributed by atoms with Gasteiger partial charge in [0, 0.05) is 17.4 Å². The number of hydrazone groups is 1. The lowest BCUT2D eigenvalue weighted by Gasteiger charge is -2.03. The van der Waals surface area contributed by atoms with Crippen LogP contribution in [0.4, 0.5) is 0 Å². The summed E-state index contributed by atoms with van der Waals surface area (Å²) >= 11 is 3.39. The van der Waals surface area contributed by atoms with E-state index in [1.165, 1.54) is 0 Å². The third kappa shape index (κ3) is 4.04. The van der Waals surface area contributed by atoms with Crippen molar-refractivity contribution in [2.75, 3.05) is 0 Å². The molecule has 0 spiro atoms. The molecule has 2 aromatic carbocycles. The summed E-state index contributed by atoms with van der Waals surface area (Å²) in [5.74, 6) is -0.131. The van der Waals surface area contributed by atoms with Gasteiger partial charge in [-0.1, -0.05) is 40.2 Å². The normalized spacial score (nSPS) is 11.2. The number of hydrogen-bond donors (Lipinski definition) is 1. The second-order valence-corrected chi connectivity index (χ2v) is 5.94. The van der Waals surface area contributed by atoms with Gasteiger partial charge in [-0.25, -0.2) is 10.4 Å². The summed E-state index contributed by atoms with van der Waals surface area (Å²) in [5.41, 5.74) is 5.42. The molecule has 0 unspecified atom stereocenters. The molecule has 0 saturated carbocycles. The highest BCUT2D eigenvalue weighted by Gasteiger charge is 2.04. The molecule has 0 aliphatic carbocycles. The molecule has 1 N–H and O–H groups in total. The second-order valence-electron chi connectivity index (χ2n) is 5.02. The van der Waals surface area contributed by atoms with E-state index in [1.807, 2.05) is 53.1 Å². The highest BCUT2D eigenvalue weighted by atomic mass is 79.9. The van der Waals surface area contributed by atoms with E-state index in [0.29, 0.717) is 13.0 Å². The summed E-state index contributed by atoms with van der Waals surface area (Å²) in [6.45, 7) is 0.568. The first-order valence-corrected chi connectivity index (χ1v) is 7.99. The Hall–Kier alpha value is -2.47. The van der Waals surface area contributed by atoms with Crippen LogP contribution in [-0.4, -0.2) is 21.7 Å². The molecule has 1 aromatic heterocycles. The minimum absolute atomic E-state index is 0.131. The number of carbonyl (C=O) groups excluding carboxylic acids is 1. The minimum atomic E-state index is -0.131. The van der Waals surface area contributed by atoms with E-state index in [1.54, 1.807) is 12.5 Å². The zero-order valence-corrected chi connectivity index (χ0v) is 13.9. The fourth-order valence-electron chi connectivity index (χ4n) is 2.23. The number of nitrogens with zero attached hydrogens (tertiary/aromatic N) is 3. The van der Waals surface area contributed by atoms with Crippen molar-refractivity contribution in [3.63, 3.8) is 0 Å². The van der Waals surface area contributed by atoms with Crippen molar-refractivity contribution in [2.45, 2.75) is 13.0 Å². The number of aryl methyl sites for hydroxylation is 1. The largest absolute Gasteiger partial charge is 0.330 e. The molecule has 0 aliphatic rings. The van der Waals surface area contributed by atoms with Crippen LogP contribution in [0.15, 0.2) is 64.4 Å². The first-order chi connectivity index (χ1) is 11.2. The number of benzene rings is 2. The van der Waals surface area contributed by atoms with Gasteiger partial charge in [0.2, 0.25) is 5.91 Å². The molecule has 1 amide bonds. The third-order valence-electron chi connectivity index (χ3n) is 3.36. The average Bonchev–Trinajstić information content (AvgIpc) is 2.96. The molecule has 116 valence electrons. The molecule has 0 radical (unpaired) electrons. The van der Waals surface area contributed by atoms with Crippen LogP contribution < -0.4 is 5.43 Å². The van der Waals surface area contributed by atoms with Crippen LogP contribution >= 0.6 is 15.9 Å². The van der Waals surface area contributed by atoms with Crippen LogP contribution in [-0.2, 0) is 11.3 Å². The molecule has 0 aliphatic heterocycles. The quantitative estimate of drug-likeness (QED) is 0.553. The van der Waals surface area contributed by atoms with E-state index in [0.717, 1.165) is 21.1 Å². The van der Waals surface area contributed by atoms with Gasteiger partial charge < -0.3 is 4.57 Å². The van der Waals surface area contributed by atoms with Gasteiger partial charge in [-0.2, -0.15) is 5.10 Å². The van der Waals surface area contributed by atoms with Crippen molar-refractivity contribution < 1.29 is 4.79 Å². The summed E-state index contributed by atoms with van der Waals surface area (Å²) in [6, 6.07) is 15.5. The fraction of sp³-hybridized carbons (Fsp3) is 0.118. The van der Waals surface area contributed by atoms with Gasteiger partial charge in [-0.05, 0) is 29.8 Å². The van der Waals surface area contributed by atoms with E-state index in [4.69, 9.17) is 0 Å². The highest BCUT2D eigenvalue weighted by Crippen LogP contribution is 2.12. The van der Waals surface area contributed by atoms with Crippen molar-refractivity contribution >= 4 is 39.1 Å². The summed E-state index contributed by atoms with van der Waals surface area (Å²) < 4.78 is 2.94. The molecule has 0 atom stereocenters. The first kappa shape index (κ1) is 15.4. The van der Waals surface area contributed by atoms with Crippen LogP contribution in [0.5, 0.6) is 0 Å². The van der Waals surface area contributed by atoms with Crippen molar-refractivity contribution in [1.29, 1.82) is 0 Å². The lowest BCUT2D eigenvalue weighted by Crippen LogP contribution is -2.19. The minimum Gasteiger partial charge on any atom is -0.330 e. The Bertz CT molecular complexity index is 856. The number of hydrogen-bond acceptors (Lipinski definition) is 3. The Morgan fingerprint density at radius 1 is 1.26 bits per heavy atom. The number of amides is 1. The maximum Gasteiger partial charge on any atom is 0.241 e. The molecule has 0 fully saturated rings. The zero-order chi connectivity index (χ0) is 16.1. The van der Waals surface area contributed by atoms with Gasteiger partial charge in [0.25, 0.3) is 0 Å². The summed E-state index contributed by atoms with van der Waals surface area (Å²) in [5, 5.41) is 3.97. The van der Waals surface area contributed by atoms with E-state index in [9.17, 15) is 4.79 Å². The summed E-state index contributed by atoms with van der Waals surface area (Å²) in [6.07, 6.45) is 3.72. The number of imidazole rings is 1. The molecule has 3 rings (SSSR count). The number of rotatable bonds is 5. The number of carbonyl (C=O) groups is 1. The average molecular weight is 371 g/mol. The second kappa shape index (κ2) is 7.19. The van der Waals surface area contributed by atoms with E-state index >= 15 is 0 Å². The number of para-hydroxylation sites is 2. The van der Waals surface area contributed by atoms with Crippen LogP contribution in [0.3, 0.4) is 0 Å². The van der Waals surface area contributed by atoms with Gasteiger partial charge in [0.15, 0.2) is 0 Å². The molecular formula is C17H15BrN4O. The van der Waals surface area contributed by atoms with E-state index < -0.39 is 0 Å². The van der Waals surface area contributed by atoms with Gasteiger partial charge in [0.1, 0.15) is 0 Å². The van der Waals surface area contributed by atoms with Gasteiger partial charge in [-0.15, -0.1) is 0 Å². The predicted octanol–water partition coefficient (Wildman–Crippen LogP) is 3.34. The van der Waals surface area contributed by atoms with Crippen LogP contribution in [0, 0.1) is 0 Å². The molecule has 3 aromatic rings. The number of aromatic nitrogens is 2. The number of nitrogens with one attached hydrogen (secondary N) is 1. The fourth-order valence-corrected chi connectivity index (χ4v) is 2.65. The third-order valence-corrected chi connectivity index (χ3v) is 3.85. The van der Waals surface area contributed by atoms with E-state index in [-0.39, 0.29) is 5.91 Å². The van der Waals surface area contributed by atoms with Crippen molar-refractivity contribution in [3.05, 3.63) is 64.9 Å². The van der Waals surface area contributed by atoms with Crippen LogP contribution in [0.1, 0.15) is 12.0 Å². The molecule has 5 nitrogen and oxygen atoms in total. The van der Waals surface area contributed by atoms with Gasteiger partial charge >= 0.3 is 0 Å². The molecule has 0 bridgehead atoms. The maximum atomic E-state index is 11.9. The monoisotopic (exact) mass is 370 g/mol. The Morgan fingerprint density at radius 2 is 2.13 bits per heavy atom. The van der Waals surface area contributed by atoms with Crippen molar-refractivity contribution in [1.82, 2.24) is 15.0 Å². The van der Waals surface area contributed by atoms with Crippen molar-refractivity contribution in [2.24, 2.45) is 5.10 Å². The van der Waals surface area contributed by atoms with Crippen LogP contribution in [0.25, 0.3) is 11.0 Å². The Morgan fingerprint density at radius 3 is 3.00 bits per heavy atom. The lowest BCUT2D eigenvalue weighted by molar-refractivity contribution is -0.121. The Kier molecular flexibility index (Phi) is 4.83. The standard InChI is InChI=1S/C17H15BrN4O/c18-14-5-3-4-13(10-14)11-20-21-17(23)8-9-22-12-19-15-6-1-2-7-16(15)22/h1-7,10-12H,8-9H2,(H,21,23)/b20-11+. The van der Waals surface area contributed by atoms with Gasteiger partial charge in [0.05, 0.1) is 23.6 Å². The molecule has 6 heteroatoms. The zero-order valence-electron chi connectivity index (χ0n) is 12.3. The maximum absolute atomic E-state index is 11.9. The predicted molar refractivity (Wildman–Crippen MR) is 94.2 cm³/mol. The highest BCUT2D eigenvalue weighted by molar-refractivity contribution is 9.10. The summed E-state index contributed by atoms with van der Waals surface area (Å²) in [7, 11) is 0.